The molecule has 78 valence electrons. The molecule has 0 heterocycles. The van der Waals surface area contributed by atoms with Crippen molar-refractivity contribution in [1.29, 1.82) is 0 Å². The number of benzene rings is 1. The van der Waals surface area contributed by atoms with E-state index < -0.39 is 11.9 Å². The lowest BCUT2D eigenvalue weighted by atomic mass is 10.3. The number of nitrogens with zero attached hydrogens (tertiary/aromatic N) is 1. The van der Waals surface area contributed by atoms with Gasteiger partial charge in [0, 0.05) is 12.2 Å². The van der Waals surface area contributed by atoms with Crippen LogP contribution in [0.5, 0.6) is 0 Å². The lowest BCUT2D eigenvalue weighted by molar-refractivity contribution is -0.131. The fraction of sp³-hybridized carbons (Fsp3) is 0. The van der Waals surface area contributed by atoms with Crippen molar-refractivity contribution < 1.29 is 14.7 Å². The highest BCUT2D eigenvalue weighted by Crippen LogP contribution is 2.09. The fourth-order valence-corrected chi connectivity index (χ4v) is 0.939. The van der Waals surface area contributed by atoms with E-state index in [-0.39, 0.29) is 0 Å². The third-order valence-electron chi connectivity index (χ3n) is 1.64. The molecule has 0 bridgehead atoms. The Bertz CT molecular complexity index is 387. The molecule has 1 aromatic rings. The molecule has 5 heteroatoms. The van der Waals surface area contributed by atoms with Crippen molar-refractivity contribution in [1.82, 2.24) is 0 Å². The van der Waals surface area contributed by atoms with Crippen molar-refractivity contribution in [3.63, 3.8) is 0 Å². The number of carbonyl (C=O) groups is 2. The second-order valence-electron chi connectivity index (χ2n) is 2.72. The first-order valence-corrected chi connectivity index (χ1v) is 4.16. The summed E-state index contributed by atoms with van der Waals surface area (Å²) in [6.45, 7) is 0. The fourth-order valence-electron chi connectivity index (χ4n) is 0.939. The van der Waals surface area contributed by atoms with Crippen molar-refractivity contribution in [2.75, 3.05) is 5.01 Å². The van der Waals surface area contributed by atoms with Gasteiger partial charge in [-0.2, -0.15) is 0 Å². The highest BCUT2D eigenvalue weighted by Gasteiger charge is 2.07. The number of hydrazine groups is 1. The monoisotopic (exact) mass is 206 g/mol. The first-order chi connectivity index (χ1) is 7.11. The number of para-hydroxylation sites is 1. The van der Waals surface area contributed by atoms with Crippen LogP contribution in [0, 0.1) is 0 Å². The summed E-state index contributed by atoms with van der Waals surface area (Å²) in [4.78, 5) is 21.5. The maximum Gasteiger partial charge on any atom is 0.328 e. The van der Waals surface area contributed by atoms with Crippen LogP contribution in [0.25, 0.3) is 0 Å². The topological polar surface area (TPSA) is 83.6 Å². The summed E-state index contributed by atoms with van der Waals surface area (Å²) in [5.41, 5.74) is 0.498. The van der Waals surface area contributed by atoms with Crippen LogP contribution in [0.4, 0.5) is 5.69 Å². The number of carbonyl (C=O) groups excluding carboxylic acids is 1. The molecule has 0 fully saturated rings. The van der Waals surface area contributed by atoms with Crippen molar-refractivity contribution in [3.05, 3.63) is 42.5 Å². The van der Waals surface area contributed by atoms with Gasteiger partial charge in [0.25, 0.3) is 5.91 Å². The van der Waals surface area contributed by atoms with E-state index in [9.17, 15) is 9.59 Å². The predicted octanol–water partition coefficient (Wildman–Crippen LogP) is 0.534. The van der Waals surface area contributed by atoms with Crippen LogP contribution in [0.1, 0.15) is 0 Å². The molecule has 0 aromatic heterocycles. The first kappa shape index (κ1) is 10.9. The quantitative estimate of drug-likeness (QED) is 0.327. The summed E-state index contributed by atoms with van der Waals surface area (Å²) in [6.07, 6.45) is 1.64. The third kappa shape index (κ3) is 3.24. The molecule has 0 unspecified atom stereocenters. The summed E-state index contributed by atoms with van der Waals surface area (Å²) < 4.78 is 0. The maximum atomic E-state index is 11.3. The van der Waals surface area contributed by atoms with Crippen LogP contribution in [-0.4, -0.2) is 17.0 Å². The highest BCUT2D eigenvalue weighted by molar-refractivity contribution is 6.03. The van der Waals surface area contributed by atoms with Crippen LogP contribution in [-0.2, 0) is 9.59 Å². The number of aliphatic carboxylic acids is 1. The molecule has 0 radical (unpaired) electrons. The molecule has 1 amide bonds. The second-order valence-corrected chi connectivity index (χ2v) is 2.72. The minimum atomic E-state index is -1.19. The Hall–Kier alpha value is -2.14. The summed E-state index contributed by atoms with van der Waals surface area (Å²) >= 11 is 0. The average Bonchev–Trinajstić information content (AvgIpc) is 2.26. The van der Waals surface area contributed by atoms with Crippen molar-refractivity contribution in [2.24, 2.45) is 5.84 Å². The lowest BCUT2D eigenvalue weighted by Gasteiger charge is -2.13. The van der Waals surface area contributed by atoms with Crippen molar-refractivity contribution in [3.8, 4) is 0 Å². The molecule has 15 heavy (non-hydrogen) atoms. The van der Waals surface area contributed by atoms with Gasteiger partial charge in [-0.15, -0.1) is 0 Å². The number of anilines is 1. The highest BCUT2D eigenvalue weighted by atomic mass is 16.4. The van der Waals surface area contributed by atoms with E-state index in [2.05, 4.69) is 0 Å². The zero-order valence-corrected chi connectivity index (χ0v) is 7.83. The Kier molecular flexibility index (Phi) is 3.59. The molecule has 1 aromatic carbocycles. The van der Waals surface area contributed by atoms with Crippen LogP contribution >= 0.6 is 0 Å². The minimum absolute atomic E-state index is 0.498. The van der Waals surface area contributed by atoms with Gasteiger partial charge in [0.1, 0.15) is 0 Å². The molecule has 5 nitrogen and oxygen atoms in total. The van der Waals surface area contributed by atoms with Gasteiger partial charge in [0.15, 0.2) is 0 Å². The van der Waals surface area contributed by atoms with Gasteiger partial charge >= 0.3 is 5.97 Å². The smallest absolute Gasteiger partial charge is 0.328 e. The van der Waals surface area contributed by atoms with Crippen molar-refractivity contribution in [2.45, 2.75) is 0 Å². The van der Waals surface area contributed by atoms with Gasteiger partial charge in [0.2, 0.25) is 0 Å². The summed E-state index contributed by atoms with van der Waals surface area (Å²) in [5, 5.41) is 9.19. The Labute approximate surface area is 86.4 Å². The zero-order chi connectivity index (χ0) is 11.3. The van der Waals surface area contributed by atoms with Gasteiger partial charge in [0.05, 0.1) is 5.69 Å². The zero-order valence-electron chi connectivity index (χ0n) is 7.83. The number of hydrogen-bond donors (Lipinski definition) is 2. The van der Waals surface area contributed by atoms with Gasteiger partial charge in [-0.3, -0.25) is 4.79 Å². The number of amides is 1. The predicted molar refractivity (Wildman–Crippen MR) is 54.9 cm³/mol. The van der Waals surface area contributed by atoms with E-state index in [4.69, 9.17) is 10.9 Å². The van der Waals surface area contributed by atoms with Crippen molar-refractivity contribution >= 4 is 17.6 Å². The molecule has 0 atom stereocenters. The molecular weight excluding hydrogens is 196 g/mol. The largest absolute Gasteiger partial charge is 0.478 e. The number of carboxylic acid groups (broad SMARTS) is 1. The molecule has 3 N–H and O–H groups in total. The molecule has 0 spiro atoms. The number of nitrogens with two attached hydrogens (primary N) is 1. The van der Waals surface area contributed by atoms with E-state index in [0.29, 0.717) is 5.69 Å². The van der Waals surface area contributed by atoms with Crippen LogP contribution in [0.2, 0.25) is 0 Å². The third-order valence-corrected chi connectivity index (χ3v) is 1.64. The molecule has 0 aliphatic heterocycles. The molecule has 0 aliphatic rings. The Morgan fingerprint density at radius 2 is 1.80 bits per heavy atom. The van der Waals surface area contributed by atoms with E-state index in [0.717, 1.165) is 17.2 Å². The Balaban J connectivity index is 2.74. The van der Waals surface area contributed by atoms with E-state index in [1.807, 2.05) is 0 Å². The Morgan fingerprint density at radius 1 is 1.20 bits per heavy atom. The standard InChI is InChI=1S/C10H10N2O3/c11-12(8-4-2-1-3-5-8)9(13)6-7-10(14)15/h1-7H,11H2,(H,14,15). The molecule has 0 saturated carbocycles. The average molecular weight is 206 g/mol. The van der Waals surface area contributed by atoms with Gasteiger partial charge in [-0.1, -0.05) is 18.2 Å². The lowest BCUT2D eigenvalue weighted by Crippen LogP contribution is -2.36. The number of carboxylic acids is 1. The van der Waals surface area contributed by atoms with Gasteiger partial charge < -0.3 is 5.11 Å². The summed E-state index contributed by atoms with van der Waals surface area (Å²) in [6, 6.07) is 8.53. The molecular formula is C10H10N2O3. The normalized spacial score (nSPS) is 10.2. The summed E-state index contributed by atoms with van der Waals surface area (Å²) in [5.74, 6) is 3.68. The number of hydrogen-bond acceptors (Lipinski definition) is 3. The van der Waals surface area contributed by atoms with Gasteiger partial charge in [-0.25, -0.2) is 15.6 Å². The van der Waals surface area contributed by atoms with E-state index >= 15 is 0 Å². The van der Waals surface area contributed by atoms with Crippen LogP contribution < -0.4 is 10.9 Å². The van der Waals surface area contributed by atoms with Gasteiger partial charge in [-0.05, 0) is 12.1 Å². The molecule has 0 aliphatic carbocycles. The van der Waals surface area contributed by atoms with E-state index in [1.54, 1.807) is 30.3 Å². The Morgan fingerprint density at radius 3 is 2.33 bits per heavy atom. The van der Waals surface area contributed by atoms with E-state index in [1.165, 1.54) is 0 Å². The molecule has 1 rings (SSSR count). The number of rotatable bonds is 3. The first-order valence-electron chi connectivity index (χ1n) is 4.16. The maximum absolute atomic E-state index is 11.3. The van der Waals surface area contributed by atoms with Crippen LogP contribution in [0.15, 0.2) is 42.5 Å². The second kappa shape index (κ2) is 4.92. The minimum Gasteiger partial charge on any atom is -0.478 e. The summed E-state index contributed by atoms with van der Waals surface area (Å²) in [7, 11) is 0. The SMILES string of the molecule is NN(C(=O)C=CC(=O)O)c1ccccc1. The molecule has 0 saturated heterocycles. The van der Waals surface area contributed by atoms with Crippen LogP contribution in [0.3, 0.4) is 0 Å².